The molecular formula is C56H37N. The highest BCUT2D eigenvalue weighted by atomic mass is 15.2. The van der Waals surface area contributed by atoms with Gasteiger partial charge in [0.05, 0.1) is 22.5 Å². The van der Waals surface area contributed by atoms with E-state index in [0.29, 0.717) is 0 Å². The largest absolute Gasteiger partial charge is 0.309 e. The number of hydrogen-bond donors (Lipinski definition) is 0. The summed E-state index contributed by atoms with van der Waals surface area (Å²) in [5, 5.41) is 2.59. The number of benzene rings is 9. The zero-order valence-corrected chi connectivity index (χ0v) is 31.8. The van der Waals surface area contributed by atoms with Gasteiger partial charge in [-0.15, -0.1) is 0 Å². The van der Waals surface area contributed by atoms with Gasteiger partial charge in [-0.2, -0.15) is 0 Å². The van der Waals surface area contributed by atoms with Gasteiger partial charge in [0.25, 0.3) is 0 Å². The van der Waals surface area contributed by atoms with Crippen LogP contribution in [0.1, 0.15) is 47.2 Å². The van der Waals surface area contributed by atoms with E-state index in [2.05, 4.69) is 207 Å². The number of rotatable bonds is 3. The van der Waals surface area contributed by atoms with Crippen LogP contribution in [-0.4, -0.2) is 0 Å². The zero-order chi connectivity index (χ0) is 37.6. The Bertz CT molecular complexity index is 3140. The van der Waals surface area contributed by atoms with Crippen LogP contribution in [0.5, 0.6) is 0 Å². The van der Waals surface area contributed by atoms with Crippen LogP contribution in [0.3, 0.4) is 0 Å². The summed E-state index contributed by atoms with van der Waals surface area (Å²) in [6, 6.07) is 71.2. The van der Waals surface area contributed by atoms with E-state index in [-0.39, 0.29) is 5.41 Å². The molecule has 0 atom stereocenters. The van der Waals surface area contributed by atoms with Crippen LogP contribution < -0.4 is 4.90 Å². The monoisotopic (exact) mass is 723 g/mol. The summed E-state index contributed by atoms with van der Waals surface area (Å²) in [7, 11) is 0. The van der Waals surface area contributed by atoms with Crippen LogP contribution in [0.4, 0.5) is 17.1 Å². The molecule has 0 saturated carbocycles. The highest BCUT2D eigenvalue weighted by Crippen LogP contribution is 2.66. The standard InChI is InChI=1S/C56H37N/c1-55(2)44-25-9-8-21-42(44)53-48(55)29-15-30-50(53)57(49-33-32-40-35-17-4-3-16-34(35)39-22-13-24-43(49)52(39)40)51-31-14-23-41-38-20-7-12-28-47(38)56(54(41)51)45-26-10-5-18-36(45)37-19-6-11-27-46(37)56/h3-33H,1-2H3. The summed E-state index contributed by atoms with van der Waals surface area (Å²) >= 11 is 0. The topological polar surface area (TPSA) is 3.24 Å². The first-order chi connectivity index (χ1) is 28.1. The molecule has 1 spiro atoms. The first-order valence-corrected chi connectivity index (χ1v) is 20.2. The first kappa shape index (κ1) is 31.3. The Morgan fingerprint density at radius 2 is 0.772 bits per heavy atom. The normalized spacial score (nSPS) is 14.8. The summed E-state index contributed by atoms with van der Waals surface area (Å²) in [6.45, 7) is 4.78. The molecule has 0 bridgehead atoms. The van der Waals surface area contributed by atoms with Gasteiger partial charge in [-0.25, -0.2) is 0 Å². The minimum absolute atomic E-state index is 0.142. The predicted molar refractivity (Wildman–Crippen MR) is 237 cm³/mol. The maximum atomic E-state index is 2.65. The Balaban J connectivity index is 1.20. The third-order valence-electron chi connectivity index (χ3n) is 13.8. The Morgan fingerprint density at radius 1 is 0.316 bits per heavy atom. The molecule has 0 unspecified atom stereocenters. The van der Waals surface area contributed by atoms with Gasteiger partial charge in [0.2, 0.25) is 0 Å². The van der Waals surface area contributed by atoms with Gasteiger partial charge in [0, 0.05) is 21.9 Å². The fourth-order valence-electron chi connectivity index (χ4n) is 11.6. The van der Waals surface area contributed by atoms with Gasteiger partial charge in [-0.3, -0.25) is 0 Å². The van der Waals surface area contributed by atoms with Crippen molar-refractivity contribution in [2.45, 2.75) is 24.7 Å². The van der Waals surface area contributed by atoms with Crippen molar-refractivity contribution in [1.82, 2.24) is 0 Å². The average Bonchev–Trinajstić information content (AvgIpc) is 3.94. The molecule has 0 saturated heterocycles. The van der Waals surface area contributed by atoms with Gasteiger partial charge < -0.3 is 4.90 Å². The van der Waals surface area contributed by atoms with Gasteiger partial charge in [-0.05, 0) is 101 Å². The maximum absolute atomic E-state index is 2.65. The van der Waals surface area contributed by atoms with E-state index >= 15 is 0 Å². The van der Waals surface area contributed by atoms with E-state index in [1.54, 1.807) is 0 Å². The molecular weight excluding hydrogens is 687 g/mol. The fraction of sp³-hybridized carbons (Fsp3) is 0.0714. The number of hydrogen-bond acceptors (Lipinski definition) is 1. The molecule has 0 heterocycles. The van der Waals surface area contributed by atoms with E-state index in [4.69, 9.17) is 0 Å². The highest BCUT2D eigenvalue weighted by molar-refractivity contribution is 6.19. The van der Waals surface area contributed by atoms with Crippen molar-refractivity contribution < 1.29 is 0 Å². The number of fused-ring (bicyclic) bond motifs is 16. The highest BCUT2D eigenvalue weighted by Gasteiger charge is 2.53. The fourth-order valence-corrected chi connectivity index (χ4v) is 11.6. The second-order valence-electron chi connectivity index (χ2n) is 16.7. The third-order valence-corrected chi connectivity index (χ3v) is 13.8. The zero-order valence-electron chi connectivity index (χ0n) is 31.8. The molecule has 0 radical (unpaired) electrons. The van der Waals surface area contributed by atoms with Crippen LogP contribution in [0.15, 0.2) is 188 Å². The average molecular weight is 724 g/mol. The summed E-state index contributed by atoms with van der Waals surface area (Å²) in [5.74, 6) is 0. The molecule has 0 aromatic heterocycles. The second-order valence-corrected chi connectivity index (χ2v) is 16.7. The maximum Gasteiger partial charge on any atom is 0.0746 e. The predicted octanol–water partition coefficient (Wildman–Crippen LogP) is 14.6. The van der Waals surface area contributed by atoms with Crippen molar-refractivity contribution in [3.05, 3.63) is 221 Å². The molecule has 4 aliphatic rings. The van der Waals surface area contributed by atoms with Gasteiger partial charge in [-0.1, -0.05) is 184 Å². The van der Waals surface area contributed by atoms with Crippen molar-refractivity contribution >= 4 is 27.8 Å². The molecule has 13 rings (SSSR count). The molecule has 4 aliphatic carbocycles. The quantitative estimate of drug-likeness (QED) is 0.175. The molecule has 9 aromatic carbocycles. The second kappa shape index (κ2) is 10.9. The van der Waals surface area contributed by atoms with E-state index < -0.39 is 5.41 Å². The smallest absolute Gasteiger partial charge is 0.0746 e. The summed E-state index contributed by atoms with van der Waals surface area (Å²) in [6.07, 6.45) is 0. The van der Waals surface area contributed by atoms with E-state index in [1.165, 1.54) is 117 Å². The molecule has 0 amide bonds. The molecule has 1 heteroatoms. The molecule has 9 aromatic rings. The van der Waals surface area contributed by atoms with Crippen molar-refractivity contribution in [3.63, 3.8) is 0 Å². The lowest BCUT2D eigenvalue weighted by molar-refractivity contribution is 0.660. The Labute approximate surface area is 333 Å². The summed E-state index contributed by atoms with van der Waals surface area (Å²) < 4.78 is 0. The molecule has 0 fully saturated rings. The number of anilines is 3. The Morgan fingerprint density at radius 3 is 1.44 bits per heavy atom. The number of nitrogens with zero attached hydrogens (tertiary/aromatic N) is 1. The van der Waals surface area contributed by atoms with Crippen molar-refractivity contribution in [3.8, 4) is 55.6 Å². The first-order valence-electron chi connectivity index (χ1n) is 20.2. The molecule has 57 heavy (non-hydrogen) atoms. The summed E-state index contributed by atoms with van der Waals surface area (Å²) in [5.41, 5.74) is 24.2. The lowest BCUT2D eigenvalue weighted by Crippen LogP contribution is -2.28. The SMILES string of the molecule is CC1(C)c2ccccc2-c2c(N(c3cccc4c3C3(c5ccccc5-c5ccccc53)c3ccccc3-4)c3ccc4c5c(cccc35)-c3ccccc3-4)cccc21. The van der Waals surface area contributed by atoms with Crippen LogP contribution >= 0.6 is 0 Å². The van der Waals surface area contributed by atoms with Crippen LogP contribution in [0, 0.1) is 0 Å². The van der Waals surface area contributed by atoms with Crippen LogP contribution in [0.25, 0.3) is 66.4 Å². The van der Waals surface area contributed by atoms with Gasteiger partial charge >= 0.3 is 0 Å². The van der Waals surface area contributed by atoms with Crippen molar-refractivity contribution in [2.24, 2.45) is 0 Å². The van der Waals surface area contributed by atoms with Gasteiger partial charge in [0.15, 0.2) is 0 Å². The lowest BCUT2D eigenvalue weighted by atomic mass is 9.70. The molecule has 266 valence electrons. The van der Waals surface area contributed by atoms with E-state index in [0.717, 1.165) is 0 Å². The molecule has 1 nitrogen and oxygen atoms in total. The summed E-state index contributed by atoms with van der Waals surface area (Å²) in [4.78, 5) is 2.65. The van der Waals surface area contributed by atoms with Gasteiger partial charge in [0.1, 0.15) is 0 Å². The van der Waals surface area contributed by atoms with Crippen molar-refractivity contribution in [1.29, 1.82) is 0 Å². The molecule has 0 aliphatic heterocycles. The Hall–Kier alpha value is -6.96. The van der Waals surface area contributed by atoms with Crippen LogP contribution in [0.2, 0.25) is 0 Å². The van der Waals surface area contributed by atoms with E-state index in [9.17, 15) is 0 Å². The van der Waals surface area contributed by atoms with E-state index in [1.807, 2.05) is 0 Å². The Kier molecular flexibility index (Phi) is 5.96. The lowest BCUT2D eigenvalue weighted by Gasteiger charge is -2.37. The minimum atomic E-state index is -0.506. The molecule has 0 N–H and O–H groups in total. The third kappa shape index (κ3) is 3.71. The minimum Gasteiger partial charge on any atom is -0.309 e. The van der Waals surface area contributed by atoms with Crippen LogP contribution in [-0.2, 0) is 10.8 Å². The van der Waals surface area contributed by atoms with Crippen molar-refractivity contribution in [2.75, 3.05) is 4.90 Å².